The Morgan fingerprint density at radius 1 is 1.30 bits per heavy atom. The molecule has 2 aromatic rings. The third-order valence-electron chi connectivity index (χ3n) is 4.02. The number of hydrogen-bond donors (Lipinski definition) is 2. The SMILES string of the molecule is O=C(NC(=S)NCc1ccco1)c1cc([N+](=O)[O-])ccc1N1CCOCC1. The molecule has 1 aliphatic rings. The van der Waals surface area contributed by atoms with Gasteiger partial charge in [0, 0.05) is 25.2 Å². The first-order valence-corrected chi connectivity index (χ1v) is 8.68. The van der Waals surface area contributed by atoms with Gasteiger partial charge in [0.1, 0.15) is 5.76 Å². The van der Waals surface area contributed by atoms with Crippen LogP contribution in [0.3, 0.4) is 0 Å². The molecular weight excluding hydrogens is 372 g/mol. The van der Waals surface area contributed by atoms with Crippen LogP contribution in [0, 0.1) is 10.1 Å². The van der Waals surface area contributed by atoms with Crippen molar-refractivity contribution in [3.63, 3.8) is 0 Å². The second-order valence-electron chi connectivity index (χ2n) is 5.77. The van der Waals surface area contributed by atoms with Crippen molar-refractivity contribution in [2.75, 3.05) is 31.2 Å². The quantitative estimate of drug-likeness (QED) is 0.452. The molecule has 0 radical (unpaired) electrons. The number of benzene rings is 1. The number of non-ortho nitro benzene ring substituents is 1. The van der Waals surface area contributed by atoms with Crippen molar-refractivity contribution in [2.45, 2.75) is 6.54 Å². The largest absolute Gasteiger partial charge is 0.467 e. The van der Waals surface area contributed by atoms with Gasteiger partial charge in [-0.3, -0.25) is 20.2 Å². The molecule has 0 unspecified atom stereocenters. The van der Waals surface area contributed by atoms with Crippen LogP contribution in [0.15, 0.2) is 41.0 Å². The number of ether oxygens (including phenoxy) is 1. The van der Waals surface area contributed by atoms with Crippen molar-refractivity contribution in [1.82, 2.24) is 10.6 Å². The Balaban J connectivity index is 1.75. The number of nitro groups is 1. The summed E-state index contributed by atoms with van der Waals surface area (Å²) in [7, 11) is 0. The van der Waals surface area contributed by atoms with Crippen LogP contribution in [-0.2, 0) is 11.3 Å². The van der Waals surface area contributed by atoms with Gasteiger partial charge in [0.25, 0.3) is 11.6 Å². The molecule has 0 atom stereocenters. The number of hydrogen-bond acceptors (Lipinski definition) is 7. The van der Waals surface area contributed by atoms with Crippen LogP contribution in [0.1, 0.15) is 16.1 Å². The summed E-state index contributed by atoms with van der Waals surface area (Å²) >= 11 is 5.14. The third kappa shape index (κ3) is 4.80. The first-order chi connectivity index (χ1) is 13.0. The summed E-state index contributed by atoms with van der Waals surface area (Å²) in [5.74, 6) is 0.146. The standard InChI is InChI=1S/C17H18N4O5S/c22-16(19-17(27)18-11-13-2-1-7-26-13)14-10-12(21(23)24)3-4-15(14)20-5-8-25-9-6-20/h1-4,7,10H,5-6,8-9,11H2,(H2,18,19,22,27). The van der Waals surface area contributed by atoms with Crippen LogP contribution in [-0.4, -0.2) is 42.2 Å². The van der Waals surface area contributed by atoms with Crippen LogP contribution in [0.4, 0.5) is 11.4 Å². The maximum atomic E-state index is 12.7. The van der Waals surface area contributed by atoms with E-state index < -0.39 is 10.8 Å². The predicted octanol–water partition coefficient (Wildman–Crippen LogP) is 1.83. The van der Waals surface area contributed by atoms with Crippen molar-refractivity contribution in [2.24, 2.45) is 0 Å². The molecule has 0 spiro atoms. The van der Waals surface area contributed by atoms with E-state index in [2.05, 4.69) is 10.6 Å². The summed E-state index contributed by atoms with van der Waals surface area (Å²) < 4.78 is 10.5. The van der Waals surface area contributed by atoms with Crippen molar-refractivity contribution in [3.8, 4) is 0 Å². The average molecular weight is 390 g/mol. The number of furan rings is 1. The summed E-state index contributed by atoms with van der Waals surface area (Å²) in [6.45, 7) is 2.57. The molecule has 0 aliphatic carbocycles. The number of carbonyl (C=O) groups is 1. The number of nitrogens with one attached hydrogen (secondary N) is 2. The van der Waals surface area contributed by atoms with Crippen LogP contribution in [0.25, 0.3) is 0 Å². The summed E-state index contributed by atoms with van der Waals surface area (Å²) in [6.07, 6.45) is 1.54. The van der Waals surface area contributed by atoms with Crippen LogP contribution < -0.4 is 15.5 Å². The molecule has 0 saturated carbocycles. The van der Waals surface area contributed by atoms with Gasteiger partial charge in [0.05, 0.1) is 42.2 Å². The second-order valence-corrected chi connectivity index (χ2v) is 6.18. The molecule has 9 nitrogen and oxygen atoms in total. The molecule has 1 aromatic carbocycles. The smallest absolute Gasteiger partial charge is 0.270 e. The lowest BCUT2D eigenvalue weighted by Crippen LogP contribution is -2.41. The monoisotopic (exact) mass is 390 g/mol. The number of nitro benzene ring substituents is 1. The van der Waals surface area contributed by atoms with E-state index in [1.54, 1.807) is 18.2 Å². The van der Waals surface area contributed by atoms with Gasteiger partial charge in [-0.1, -0.05) is 0 Å². The summed E-state index contributed by atoms with van der Waals surface area (Å²) in [6, 6.07) is 7.74. The lowest BCUT2D eigenvalue weighted by atomic mass is 10.1. The van der Waals surface area contributed by atoms with Gasteiger partial charge in [-0.25, -0.2) is 0 Å². The average Bonchev–Trinajstić information content (AvgIpc) is 3.20. The fourth-order valence-electron chi connectivity index (χ4n) is 2.69. The van der Waals surface area contributed by atoms with Crippen LogP contribution in [0.2, 0.25) is 0 Å². The molecule has 2 N–H and O–H groups in total. The van der Waals surface area contributed by atoms with E-state index in [1.165, 1.54) is 18.4 Å². The lowest BCUT2D eigenvalue weighted by molar-refractivity contribution is -0.384. The molecule has 1 amide bonds. The minimum Gasteiger partial charge on any atom is -0.467 e. The molecular formula is C17H18N4O5S. The Bertz CT molecular complexity index is 834. The summed E-state index contributed by atoms with van der Waals surface area (Å²) in [5, 5.41) is 16.6. The second kappa shape index (κ2) is 8.60. The molecule has 10 heteroatoms. The highest BCUT2D eigenvalue weighted by Crippen LogP contribution is 2.26. The number of thiocarbonyl (C=S) groups is 1. The Kier molecular flexibility index (Phi) is 5.99. The van der Waals surface area contributed by atoms with E-state index >= 15 is 0 Å². The minimum atomic E-state index is -0.534. The number of carbonyl (C=O) groups excluding carboxylic acids is 1. The first kappa shape index (κ1) is 18.8. The van der Waals surface area contributed by atoms with Gasteiger partial charge >= 0.3 is 0 Å². The van der Waals surface area contributed by atoms with Gasteiger partial charge < -0.3 is 19.4 Å². The highest BCUT2D eigenvalue weighted by atomic mass is 32.1. The molecule has 2 heterocycles. The molecule has 27 heavy (non-hydrogen) atoms. The summed E-state index contributed by atoms with van der Waals surface area (Å²) in [4.78, 5) is 25.2. The highest BCUT2D eigenvalue weighted by molar-refractivity contribution is 7.80. The van der Waals surface area contributed by atoms with Gasteiger partial charge in [0.15, 0.2) is 5.11 Å². The van der Waals surface area contributed by atoms with Gasteiger partial charge in [-0.15, -0.1) is 0 Å². The molecule has 0 bridgehead atoms. The molecule has 1 aromatic heterocycles. The van der Waals surface area contributed by atoms with Crippen molar-refractivity contribution < 1.29 is 18.9 Å². The van der Waals surface area contributed by atoms with Crippen molar-refractivity contribution >= 4 is 34.6 Å². The third-order valence-corrected chi connectivity index (χ3v) is 4.26. The van der Waals surface area contributed by atoms with E-state index in [0.29, 0.717) is 44.3 Å². The topological polar surface area (TPSA) is 110 Å². The lowest BCUT2D eigenvalue weighted by Gasteiger charge is -2.30. The van der Waals surface area contributed by atoms with Gasteiger partial charge in [-0.05, 0) is 30.4 Å². The molecule has 1 aliphatic heterocycles. The number of nitrogens with zero attached hydrogens (tertiary/aromatic N) is 2. The fourth-order valence-corrected chi connectivity index (χ4v) is 2.86. The van der Waals surface area contributed by atoms with E-state index in [4.69, 9.17) is 21.4 Å². The van der Waals surface area contributed by atoms with E-state index in [9.17, 15) is 14.9 Å². The zero-order chi connectivity index (χ0) is 19.2. The Hall–Kier alpha value is -2.98. The Morgan fingerprint density at radius 2 is 2.07 bits per heavy atom. The summed E-state index contributed by atoms with van der Waals surface area (Å²) in [5.41, 5.74) is 0.634. The molecule has 3 rings (SSSR count). The van der Waals surface area contributed by atoms with Gasteiger partial charge in [0.2, 0.25) is 0 Å². The number of amides is 1. The molecule has 142 valence electrons. The zero-order valence-electron chi connectivity index (χ0n) is 14.3. The zero-order valence-corrected chi connectivity index (χ0v) is 15.2. The Labute approximate surface area is 160 Å². The predicted molar refractivity (Wildman–Crippen MR) is 102 cm³/mol. The maximum Gasteiger partial charge on any atom is 0.270 e. The number of anilines is 1. The highest BCUT2D eigenvalue weighted by Gasteiger charge is 2.22. The van der Waals surface area contributed by atoms with Crippen molar-refractivity contribution in [3.05, 3.63) is 58.0 Å². The van der Waals surface area contributed by atoms with Crippen LogP contribution in [0.5, 0.6) is 0 Å². The van der Waals surface area contributed by atoms with E-state index in [0.717, 1.165) is 0 Å². The number of morpholine rings is 1. The molecule has 1 fully saturated rings. The van der Waals surface area contributed by atoms with Crippen molar-refractivity contribution in [1.29, 1.82) is 0 Å². The fraction of sp³-hybridized carbons (Fsp3) is 0.294. The minimum absolute atomic E-state index is 0.107. The normalized spacial score (nSPS) is 13.9. The van der Waals surface area contributed by atoms with Crippen LogP contribution >= 0.6 is 12.2 Å². The first-order valence-electron chi connectivity index (χ1n) is 8.27. The Morgan fingerprint density at radius 3 is 2.74 bits per heavy atom. The van der Waals surface area contributed by atoms with Gasteiger partial charge in [-0.2, -0.15) is 0 Å². The number of rotatable bonds is 5. The maximum absolute atomic E-state index is 12.7. The van der Waals surface area contributed by atoms with E-state index in [1.807, 2.05) is 4.90 Å². The van der Waals surface area contributed by atoms with E-state index in [-0.39, 0.29) is 16.4 Å². The molecule has 1 saturated heterocycles.